The van der Waals surface area contributed by atoms with Gasteiger partial charge in [0.25, 0.3) is 0 Å². The quantitative estimate of drug-likeness (QED) is 0.833. The molecule has 106 valence electrons. The zero-order valence-corrected chi connectivity index (χ0v) is 11.5. The van der Waals surface area contributed by atoms with Gasteiger partial charge in [0.15, 0.2) is 0 Å². The van der Waals surface area contributed by atoms with Crippen molar-refractivity contribution in [3.63, 3.8) is 0 Å². The SMILES string of the molecule is O=C1CCC(N2CCCC(c3ccccc3)C2)C(=O)N1. The number of hydrogen-bond acceptors (Lipinski definition) is 3. The van der Waals surface area contributed by atoms with E-state index in [0.717, 1.165) is 19.5 Å². The highest BCUT2D eigenvalue weighted by Gasteiger charge is 2.34. The first-order valence-corrected chi connectivity index (χ1v) is 7.37. The highest BCUT2D eigenvalue weighted by molar-refractivity contribution is 6.00. The summed E-state index contributed by atoms with van der Waals surface area (Å²) in [7, 11) is 0. The zero-order chi connectivity index (χ0) is 13.9. The van der Waals surface area contributed by atoms with Gasteiger partial charge in [0.1, 0.15) is 0 Å². The molecule has 0 spiro atoms. The number of hydrogen-bond donors (Lipinski definition) is 1. The van der Waals surface area contributed by atoms with Gasteiger partial charge in [-0.25, -0.2) is 0 Å². The molecule has 1 aromatic rings. The van der Waals surface area contributed by atoms with Crippen LogP contribution in [0.2, 0.25) is 0 Å². The highest BCUT2D eigenvalue weighted by atomic mass is 16.2. The van der Waals surface area contributed by atoms with Crippen LogP contribution < -0.4 is 5.32 Å². The highest BCUT2D eigenvalue weighted by Crippen LogP contribution is 2.29. The van der Waals surface area contributed by atoms with E-state index in [2.05, 4.69) is 34.5 Å². The van der Waals surface area contributed by atoms with Crippen molar-refractivity contribution in [2.45, 2.75) is 37.6 Å². The van der Waals surface area contributed by atoms with Crippen LogP contribution in [0.3, 0.4) is 0 Å². The lowest BCUT2D eigenvalue weighted by molar-refractivity contribution is -0.137. The Bertz CT molecular complexity index is 500. The number of benzene rings is 1. The van der Waals surface area contributed by atoms with Crippen molar-refractivity contribution in [3.05, 3.63) is 35.9 Å². The fraction of sp³-hybridized carbons (Fsp3) is 0.500. The smallest absolute Gasteiger partial charge is 0.243 e. The van der Waals surface area contributed by atoms with Gasteiger partial charge < -0.3 is 0 Å². The summed E-state index contributed by atoms with van der Waals surface area (Å²) in [4.78, 5) is 25.5. The number of imide groups is 1. The van der Waals surface area contributed by atoms with Crippen molar-refractivity contribution in [1.82, 2.24) is 10.2 Å². The molecule has 4 nitrogen and oxygen atoms in total. The number of amides is 2. The molecule has 3 rings (SSSR count). The van der Waals surface area contributed by atoms with Gasteiger partial charge in [-0.1, -0.05) is 30.3 Å². The van der Waals surface area contributed by atoms with Gasteiger partial charge in [-0.05, 0) is 37.3 Å². The monoisotopic (exact) mass is 272 g/mol. The van der Waals surface area contributed by atoms with E-state index in [0.29, 0.717) is 18.8 Å². The first-order chi connectivity index (χ1) is 9.74. The van der Waals surface area contributed by atoms with Gasteiger partial charge in [0, 0.05) is 13.0 Å². The van der Waals surface area contributed by atoms with Gasteiger partial charge in [0.05, 0.1) is 6.04 Å². The Kier molecular flexibility index (Phi) is 3.83. The lowest BCUT2D eigenvalue weighted by Crippen LogP contribution is -2.54. The van der Waals surface area contributed by atoms with Crippen LogP contribution in [0.5, 0.6) is 0 Å². The van der Waals surface area contributed by atoms with E-state index in [9.17, 15) is 9.59 Å². The predicted octanol–water partition coefficient (Wildman–Crippen LogP) is 1.67. The summed E-state index contributed by atoms with van der Waals surface area (Å²) >= 11 is 0. The Labute approximate surface area is 119 Å². The minimum absolute atomic E-state index is 0.116. The van der Waals surface area contributed by atoms with Gasteiger partial charge in [0.2, 0.25) is 11.8 Å². The maximum absolute atomic E-state index is 12.0. The van der Waals surface area contributed by atoms with Crippen LogP contribution >= 0.6 is 0 Å². The van der Waals surface area contributed by atoms with E-state index in [1.807, 2.05) is 6.07 Å². The maximum atomic E-state index is 12.0. The Morgan fingerprint density at radius 2 is 1.90 bits per heavy atom. The van der Waals surface area contributed by atoms with Crippen molar-refractivity contribution >= 4 is 11.8 Å². The Balaban J connectivity index is 1.69. The van der Waals surface area contributed by atoms with Gasteiger partial charge >= 0.3 is 0 Å². The molecule has 0 bridgehead atoms. The van der Waals surface area contributed by atoms with Crippen LogP contribution in [-0.2, 0) is 9.59 Å². The van der Waals surface area contributed by atoms with Crippen LogP contribution in [-0.4, -0.2) is 35.8 Å². The van der Waals surface area contributed by atoms with Gasteiger partial charge in [-0.2, -0.15) is 0 Å². The molecule has 2 heterocycles. The van der Waals surface area contributed by atoms with Gasteiger partial charge in [-0.3, -0.25) is 19.8 Å². The summed E-state index contributed by atoms with van der Waals surface area (Å²) < 4.78 is 0. The summed E-state index contributed by atoms with van der Waals surface area (Å²) in [6.45, 7) is 1.87. The molecule has 20 heavy (non-hydrogen) atoms. The average Bonchev–Trinajstić information content (AvgIpc) is 2.48. The largest absolute Gasteiger partial charge is 0.295 e. The molecule has 0 aromatic heterocycles. The topological polar surface area (TPSA) is 49.4 Å². The normalized spacial score (nSPS) is 28.2. The summed E-state index contributed by atoms with van der Waals surface area (Å²) in [5, 5.41) is 2.46. The van der Waals surface area contributed by atoms with E-state index in [4.69, 9.17) is 0 Å². The van der Waals surface area contributed by atoms with Crippen LogP contribution in [0.1, 0.15) is 37.2 Å². The molecule has 1 N–H and O–H groups in total. The molecule has 2 amide bonds. The minimum Gasteiger partial charge on any atom is -0.295 e. The zero-order valence-electron chi connectivity index (χ0n) is 11.5. The van der Waals surface area contributed by atoms with Crippen molar-refractivity contribution in [2.75, 3.05) is 13.1 Å². The van der Waals surface area contributed by atoms with Crippen LogP contribution in [0, 0.1) is 0 Å². The fourth-order valence-electron chi connectivity index (χ4n) is 3.32. The first-order valence-electron chi connectivity index (χ1n) is 7.37. The second-order valence-electron chi connectivity index (χ2n) is 5.71. The molecule has 2 unspecified atom stereocenters. The van der Waals surface area contributed by atoms with E-state index in [1.54, 1.807) is 0 Å². The predicted molar refractivity (Wildman–Crippen MR) is 76.2 cm³/mol. The average molecular weight is 272 g/mol. The lowest BCUT2D eigenvalue weighted by atomic mass is 9.89. The molecule has 4 heteroatoms. The minimum atomic E-state index is -0.136. The molecule has 2 aliphatic rings. The number of likely N-dealkylation sites (tertiary alicyclic amines) is 1. The number of piperidine rings is 2. The standard InChI is InChI=1S/C16H20N2O2/c19-15-9-8-14(16(20)17-15)18-10-4-7-13(11-18)12-5-2-1-3-6-12/h1-3,5-6,13-14H,4,7-11H2,(H,17,19,20). The van der Waals surface area contributed by atoms with Crippen LogP contribution in [0.15, 0.2) is 30.3 Å². The van der Waals surface area contributed by atoms with E-state index in [-0.39, 0.29) is 17.9 Å². The van der Waals surface area contributed by atoms with Gasteiger partial charge in [-0.15, -0.1) is 0 Å². The molecule has 2 aliphatic heterocycles. The molecule has 2 fully saturated rings. The second kappa shape index (κ2) is 5.75. The molecule has 2 atom stereocenters. The molecular formula is C16H20N2O2. The third-order valence-electron chi connectivity index (χ3n) is 4.37. The Morgan fingerprint density at radius 1 is 1.10 bits per heavy atom. The molecular weight excluding hydrogens is 252 g/mol. The Hall–Kier alpha value is -1.68. The van der Waals surface area contributed by atoms with E-state index < -0.39 is 0 Å². The van der Waals surface area contributed by atoms with E-state index >= 15 is 0 Å². The van der Waals surface area contributed by atoms with E-state index in [1.165, 1.54) is 12.0 Å². The third-order valence-corrected chi connectivity index (χ3v) is 4.37. The number of nitrogens with one attached hydrogen (secondary N) is 1. The van der Waals surface area contributed by atoms with Crippen LogP contribution in [0.4, 0.5) is 0 Å². The lowest BCUT2D eigenvalue weighted by Gasteiger charge is -2.38. The van der Waals surface area contributed by atoms with Crippen molar-refractivity contribution in [3.8, 4) is 0 Å². The summed E-state index contributed by atoms with van der Waals surface area (Å²) in [5.74, 6) is 0.244. The number of nitrogens with zero attached hydrogens (tertiary/aromatic N) is 1. The van der Waals surface area contributed by atoms with Crippen molar-refractivity contribution in [1.29, 1.82) is 0 Å². The number of rotatable bonds is 2. The second-order valence-corrected chi connectivity index (χ2v) is 5.71. The van der Waals surface area contributed by atoms with Crippen molar-refractivity contribution < 1.29 is 9.59 Å². The Morgan fingerprint density at radius 3 is 2.65 bits per heavy atom. The molecule has 0 radical (unpaired) electrons. The maximum Gasteiger partial charge on any atom is 0.243 e. The summed E-state index contributed by atoms with van der Waals surface area (Å²) in [5.41, 5.74) is 1.35. The molecule has 1 aromatic carbocycles. The fourth-order valence-corrected chi connectivity index (χ4v) is 3.32. The van der Waals surface area contributed by atoms with Crippen molar-refractivity contribution in [2.24, 2.45) is 0 Å². The first kappa shape index (κ1) is 13.3. The molecule has 2 saturated heterocycles. The molecule has 0 saturated carbocycles. The number of carbonyl (C=O) groups is 2. The summed E-state index contributed by atoms with van der Waals surface area (Å²) in [6.07, 6.45) is 3.40. The summed E-state index contributed by atoms with van der Waals surface area (Å²) in [6, 6.07) is 10.4. The van der Waals surface area contributed by atoms with Crippen LogP contribution in [0.25, 0.3) is 0 Å². The number of carbonyl (C=O) groups excluding carboxylic acids is 2. The third kappa shape index (κ3) is 2.75. The molecule has 0 aliphatic carbocycles.